The molecule has 4 rings (SSSR count). The molecule has 3 aliphatic heterocycles. The monoisotopic (exact) mass is 210 g/mol. The second-order valence-corrected chi connectivity index (χ2v) is 5.50. The summed E-state index contributed by atoms with van der Waals surface area (Å²) in [4.78, 5) is 5.01. The minimum Gasteiger partial charge on any atom is -0.391 e. The van der Waals surface area contributed by atoms with E-state index in [1.165, 1.54) is 45.4 Å². The van der Waals surface area contributed by atoms with E-state index >= 15 is 0 Å². The third-order valence-electron chi connectivity index (χ3n) is 4.56. The quantitative estimate of drug-likeness (QED) is 0.736. The maximum atomic E-state index is 10.3. The number of hydrogen-bond donors (Lipinski definition) is 1. The summed E-state index contributed by atoms with van der Waals surface area (Å²) >= 11 is 0. The van der Waals surface area contributed by atoms with Gasteiger partial charge in [0.1, 0.15) is 0 Å². The molecule has 2 unspecified atom stereocenters. The summed E-state index contributed by atoms with van der Waals surface area (Å²) in [5.41, 5.74) is 0. The summed E-state index contributed by atoms with van der Waals surface area (Å²) in [6, 6.07) is 0.438. The third kappa shape index (κ3) is 1.93. The maximum absolute atomic E-state index is 10.3. The minimum absolute atomic E-state index is 0.0709. The average molecular weight is 210 g/mol. The normalized spacial score (nSPS) is 42.6. The largest absolute Gasteiger partial charge is 0.391 e. The molecular weight excluding hydrogens is 188 g/mol. The van der Waals surface area contributed by atoms with Gasteiger partial charge in [-0.3, -0.25) is 9.80 Å². The van der Waals surface area contributed by atoms with E-state index in [2.05, 4.69) is 9.80 Å². The lowest BCUT2D eigenvalue weighted by Gasteiger charge is -2.49. The molecule has 1 saturated carbocycles. The van der Waals surface area contributed by atoms with E-state index < -0.39 is 0 Å². The first-order valence-electron chi connectivity index (χ1n) is 6.47. The highest BCUT2D eigenvalue weighted by atomic mass is 16.3. The Hall–Kier alpha value is -0.120. The topological polar surface area (TPSA) is 26.7 Å². The molecule has 0 amide bonds. The van der Waals surface area contributed by atoms with Gasteiger partial charge in [0.15, 0.2) is 0 Å². The highest BCUT2D eigenvalue weighted by Crippen LogP contribution is 2.32. The standard InChI is InChI=1S/C12H22N2O/c15-12(8-10-2-1-3-10)11-9-13-4-6-14(11)7-5-13/h10-12,15H,1-9H2. The number of nitrogens with zero attached hydrogens (tertiary/aromatic N) is 2. The van der Waals surface area contributed by atoms with E-state index in [1.54, 1.807) is 0 Å². The van der Waals surface area contributed by atoms with Crippen molar-refractivity contribution in [3.63, 3.8) is 0 Å². The minimum atomic E-state index is -0.0709. The van der Waals surface area contributed by atoms with Gasteiger partial charge in [-0.2, -0.15) is 0 Å². The van der Waals surface area contributed by atoms with Crippen LogP contribution < -0.4 is 0 Å². The second-order valence-electron chi connectivity index (χ2n) is 5.50. The molecule has 3 heterocycles. The van der Waals surface area contributed by atoms with E-state index in [9.17, 15) is 5.11 Å². The van der Waals surface area contributed by atoms with Crippen molar-refractivity contribution in [1.82, 2.24) is 9.80 Å². The summed E-state index contributed by atoms with van der Waals surface area (Å²) in [6.07, 6.45) is 5.08. The van der Waals surface area contributed by atoms with Gasteiger partial charge in [-0.15, -0.1) is 0 Å². The van der Waals surface area contributed by atoms with Gasteiger partial charge < -0.3 is 5.11 Å². The van der Waals surface area contributed by atoms with Crippen LogP contribution in [-0.2, 0) is 0 Å². The molecule has 0 aromatic rings. The van der Waals surface area contributed by atoms with Crippen molar-refractivity contribution in [1.29, 1.82) is 0 Å². The van der Waals surface area contributed by atoms with Gasteiger partial charge in [0, 0.05) is 38.8 Å². The highest BCUT2D eigenvalue weighted by molar-refractivity contribution is 4.93. The van der Waals surface area contributed by atoms with Crippen molar-refractivity contribution in [2.24, 2.45) is 5.92 Å². The lowest BCUT2D eigenvalue weighted by Crippen LogP contribution is -2.64. The van der Waals surface area contributed by atoms with Gasteiger partial charge >= 0.3 is 0 Å². The molecule has 3 saturated heterocycles. The zero-order chi connectivity index (χ0) is 10.3. The Morgan fingerprint density at radius 2 is 1.87 bits per heavy atom. The van der Waals surface area contributed by atoms with Crippen molar-refractivity contribution < 1.29 is 5.11 Å². The van der Waals surface area contributed by atoms with Crippen LogP contribution in [0.2, 0.25) is 0 Å². The third-order valence-corrected chi connectivity index (χ3v) is 4.56. The van der Waals surface area contributed by atoms with Crippen LogP contribution in [0.5, 0.6) is 0 Å². The fourth-order valence-electron chi connectivity index (χ4n) is 3.25. The number of aliphatic hydroxyl groups is 1. The first-order valence-corrected chi connectivity index (χ1v) is 6.47. The SMILES string of the molecule is OC(CC1CCC1)C1CN2CCN1CC2. The smallest absolute Gasteiger partial charge is 0.0710 e. The molecule has 0 spiro atoms. The number of hydrogen-bond acceptors (Lipinski definition) is 3. The molecular formula is C12H22N2O. The van der Waals surface area contributed by atoms with Crippen molar-refractivity contribution in [2.45, 2.75) is 37.8 Å². The Balaban J connectivity index is 1.56. The zero-order valence-electron chi connectivity index (χ0n) is 9.44. The van der Waals surface area contributed by atoms with Crippen LogP contribution in [0.4, 0.5) is 0 Å². The van der Waals surface area contributed by atoms with Gasteiger partial charge in [0.05, 0.1) is 6.10 Å². The van der Waals surface area contributed by atoms with Crippen LogP contribution in [0.25, 0.3) is 0 Å². The van der Waals surface area contributed by atoms with Crippen LogP contribution in [0.3, 0.4) is 0 Å². The zero-order valence-corrected chi connectivity index (χ0v) is 9.44. The summed E-state index contributed by atoms with van der Waals surface area (Å²) in [5.74, 6) is 0.830. The van der Waals surface area contributed by atoms with Crippen molar-refractivity contribution in [2.75, 3.05) is 32.7 Å². The van der Waals surface area contributed by atoms with Gasteiger partial charge in [-0.1, -0.05) is 19.3 Å². The summed E-state index contributed by atoms with van der Waals surface area (Å²) < 4.78 is 0. The molecule has 0 radical (unpaired) electrons. The molecule has 2 atom stereocenters. The molecule has 1 aliphatic carbocycles. The lowest BCUT2D eigenvalue weighted by molar-refractivity contribution is -0.0556. The van der Waals surface area contributed by atoms with E-state index in [0.29, 0.717) is 6.04 Å². The fraction of sp³-hybridized carbons (Fsp3) is 1.00. The van der Waals surface area contributed by atoms with Crippen LogP contribution in [0.15, 0.2) is 0 Å². The summed E-state index contributed by atoms with van der Waals surface area (Å²) in [5, 5.41) is 10.3. The molecule has 86 valence electrons. The fourth-order valence-corrected chi connectivity index (χ4v) is 3.25. The number of rotatable bonds is 3. The second kappa shape index (κ2) is 4.04. The highest BCUT2D eigenvalue weighted by Gasteiger charge is 2.37. The van der Waals surface area contributed by atoms with E-state index in [4.69, 9.17) is 0 Å². The molecule has 3 nitrogen and oxygen atoms in total. The van der Waals surface area contributed by atoms with Crippen molar-refractivity contribution in [3.8, 4) is 0 Å². The van der Waals surface area contributed by atoms with Crippen LogP contribution in [-0.4, -0.2) is 59.8 Å². The summed E-state index contributed by atoms with van der Waals surface area (Å²) in [6.45, 7) is 5.88. The van der Waals surface area contributed by atoms with Crippen molar-refractivity contribution in [3.05, 3.63) is 0 Å². The Bertz CT molecular complexity index is 222. The molecule has 0 aromatic heterocycles. The number of aliphatic hydroxyl groups excluding tert-OH is 1. The van der Waals surface area contributed by atoms with E-state index in [1.807, 2.05) is 0 Å². The molecule has 2 bridgehead atoms. The van der Waals surface area contributed by atoms with Crippen molar-refractivity contribution >= 4 is 0 Å². The number of fused-ring (bicyclic) bond motifs is 3. The van der Waals surface area contributed by atoms with Gasteiger partial charge in [-0.25, -0.2) is 0 Å². The molecule has 1 N–H and O–H groups in total. The van der Waals surface area contributed by atoms with Gasteiger partial charge in [0.25, 0.3) is 0 Å². The van der Waals surface area contributed by atoms with Gasteiger partial charge in [0.2, 0.25) is 0 Å². The van der Waals surface area contributed by atoms with Gasteiger partial charge in [-0.05, 0) is 12.3 Å². The number of piperazine rings is 3. The Kier molecular flexibility index (Phi) is 2.71. The first-order chi connectivity index (χ1) is 7.33. The first kappa shape index (κ1) is 10.1. The Morgan fingerprint density at radius 3 is 2.33 bits per heavy atom. The molecule has 4 aliphatic rings. The Morgan fingerprint density at radius 1 is 1.13 bits per heavy atom. The Labute approximate surface area is 92.1 Å². The average Bonchev–Trinajstić information content (AvgIpc) is 2.25. The van der Waals surface area contributed by atoms with E-state index in [0.717, 1.165) is 18.9 Å². The van der Waals surface area contributed by atoms with Crippen LogP contribution in [0.1, 0.15) is 25.7 Å². The molecule has 15 heavy (non-hydrogen) atoms. The van der Waals surface area contributed by atoms with Crippen LogP contribution >= 0.6 is 0 Å². The van der Waals surface area contributed by atoms with E-state index in [-0.39, 0.29) is 6.10 Å². The molecule has 0 aromatic carbocycles. The lowest BCUT2D eigenvalue weighted by atomic mass is 9.80. The summed E-state index contributed by atoms with van der Waals surface area (Å²) in [7, 11) is 0. The molecule has 4 fully saturated rings. The predicted octanol–water partition coefficient (Wildman–Crippen LogP) is 0.537. The van der Waals surface area contributed by atoms with Crippen LogP contribution in [0, 0.1) is 5.92 Å². The predicted molar refractivity (Wildman–Crippen MR) is 59.8 cm³/mol. The molecule has 3 heteroatoms. The maximum Gasteiger partial charge on any atom is 0.0710 e.